The maximum Gasteiger partial charge on any atom is 0.295 e. The number of aliphatic hydroxyl groups is 1. The van der Waals surface area contributed by atoms with Gasteiger partial charge in [0, 0.05) is 24.8 Å². The van der Waals surface area contributed by atoms with E-state index in [2.05, 4.69) is 0 Å². The van der Waals surface area contributed by atoms with Gasteiger partial charge in [-0.2, -0.15) is 0 Å². The van der Waals surface area contributed by atoms with Gasteiger partial charge in [0.1, 0.15) is 17.3 Å². The first kappa shape index (κ1) is 21.5. The largest absolute Gasteiger partial charge is 0.507 e. The van der Waals surface area contributed by atoms with Crippen molar-refractivity contribution in [1.82, 2.24) is 4.90 Å². The number of carbonyl (C=O) groups excluding carboxylic acids is 2. The van der Waals surface area contributed by atoms with Gasteiger partial charge in [0.15, 0.2) is 0 Å². The Kier molecular flexibility index (Phi) is 6.22. The van der Waals surface area contributed by atoms with Crippen LogP contribution in [0.4, 0.5) is 4.39 Å². The number of likely N-dealkylation sites (tertiary alicyclic amines) is 1. The highest BCUT2D eigenvalue weighted by atomic mass is 19.1. The Bertz CT molecular complexity index is 1030. The second-order valence-electron chi connectivity index (χ2n) is 7.14. The average Bonchev–Trinajstić information content (AvgIpc) is 2.98. The summed E-state index contributed by atoms with van der Waals surface area (Å²) in [5, 5.41) is 11.1. The maximum atomic E-state index is 14.7. The second kappa shape index (κ2) is 8.67. The predicted molar refractivity (Wildman–Crippen MR) is 110 cm³/mol. The van der Waals surface area contributed by atoms with Crippen LogP contribution in [-0.2, 0) is 14.3 Å². The first-order chi connectivity index (χ1) is 14.3. The third-order valence-corrected chi connectivity index (χ3v) is 5.27. The molecule has 0 bridgehead atoms. The Hall–Kier alpha value is -3.19. The number of halogens is 1. The Morgan fingerprint density at radius 3 is 2.47 bits per heavy atom. The van der Waals surface area contributed by atoms with Crippen molar-refractivity contribution in [3.8, 4) is 5.75 Å². The van der Waals surface area contributed by atoms with E-state index in [9.17, 15) is 19.1 Å². The molecule has 0 radical (unpaired) electrons. The lowest BCUT2D eigenvalue weighted by Crippen LogP contribution is -2.33. The zero-order valence-corrected chi connectivity index (χ0v) is 17.4. The maximum absolute atomic E-state index is 14.7. The van der Waals surface area contributed by atoms with Gasteiger partial charge in [-0.25, -0.2) is 4.39 Å². The van der Waals surface area contributed by atoms with Gasteiger partial charge < -0.3 is 19.5 Å². The summed E-state index contributed by atoms with van der Waals surface area (Å²) in [6, 6.07) is 8.28. The molecule has 1 heterocycles. The number of methoxy groups -OCH3 is 2. The van der Waals surface area contributed by atoms with Gasteiger partial charge in [0.2, 0.25) is 0 Å². The molecule has 3 rings (SSSR count). The highest BCUT2D eigenvalue weighted by Gasteiger charge is 2.46. The number of rotatable bonds is 6. The van der Waals surface area contributed by atoms with Crippen LogP contribution < -0.4 is 4.74 Å². The van der Waals surface area contributed by atoms with E-state index >= 15 is 0 Å². The SMILES string of the molecule is COCCN1C(=O)C(=O)/C(=C(/O)c2cc(C)c(OC)cc2C)C1c1ccccc1F. The molecule has 1 aliphatic heterocycles. The molecule has 1 fully saturated rings. The summed E-state index contributed by atoms with van der Waals surface area (Å²) in [6.07, 6.45) is 0. The van der Waals surface area contributed by atoms with Crippen LogP contribution in [0, 0.1) is 19.7 Å². The lowest BCUT2D eigenvalue weighted by atomic mass is 9.93. The number of nitrogens with zero attached hydrogens (tertiary/aromatic N) is 1. The van der Waals surface area contributed by atoms with Crippen molar-refractivity contribution in [2.24, 2.45) is 0 Å². The number of ketones is 1. The van der Waals surface area contributed by atoms with E-state index < -0.39 is 23.5 Å². The quantitative estimate of drug-likeness (QED) is 0.446. The minimum atomic E-state index is -1.05. The van der Waals surface area contributed by atoms with Crippen LogP contribution in [0.2, 0.25) is 0 Å². The zero-order valence-electron chi connectivity index (χ0n) is 17.4. The molecule has 30 heavy (non-hydrogen) atoms. The van der Waals surface area contributed by atoms with E-state index in [1.165, 1.54) is 30.2 Å². The fraction of sp³-hybridized carbons (Fsp3) is 0.304. The van der Waals surface area contributed by atoms with Crippen molar-refractivity contribution >= 4 is 17.4 Å². The summed E-state index contributed by atoms with van der Waals surface area (Å²) in [5.41, 5.74) is 1.79. The molecule has 1 aliphatic rings. The summed E-state index contributed by atoms with van der Waals surface area (Å²) in [6.45, 7) is 3.81. The number of aryl methyl sites for hydroxylation is 2. The number of ether oxygens (including phenoxy) is 2. The molecule has 1 atom stereocenters. The molecule has 1 amide bonds. The van der Waals surface area contributed by atoms with E-state index in [4.69, 9.17) is 9.47 Å². The first-order valence-electron chi connectivity index (χ1n) is 9.49. The molecule has 0 aliphatic carbocycles. The summed E-state index contributed by atoms with van der Waals surface area (Å²) < 4.78 is 25.0. The Morgan fingerprint density at radius 2 is 1.83 bits per heavy atom. The molecule has 6 nitrogen and oxygen atoms in total. The highest BCUT2D eigenvalue weighted by Crippen LogP contribution is 2.41. The number of amides is 1. The Labute approximate surface area is 174 Å². The van der Waals surface area contributed by atoms with Crippen LogP contribution in [0.25, 0.3) is 5.76 Å². The van der Waals surface area contributed by atoms with E-state index in [0.717, 1.165) is 5.56 Å². The zero-order chi connectivity index (χ0) is 22.0. The van der Waals surface area contributed by atoms with Crippen LogP contribution in [0.3, 0.4) is 0 Å². The Morgan fingerprint density at radius 1 is 1.13 bits per heavy atom. The van der Waals surface area contributed by atoms with Gasteiger partial charge in [-0.15, -0.1) is 0 Å². The molecular formula is C23H24FNO5. The van der Waals surface area contributed by atoms with Gasteiger partial charge in [0.25, 0.3) is 11.7 Å². The molecule has 0 aromatic heterocycles. The molecule has 0 spiro atoms. The average molecular weight is 413 g/mol. The van der Waals surface area contributed by atoms with Crippen molar-refractivity contribution in [2.75, 3.05) is 27.4 Å². The second-order valence-corrected chi connectivity index (χ2v) is 7.14. The van der Waals surface area contributed by atoms with Crippen LogP contribution in [-0.4, -0.2) is 49.1 Å². The minimum Gasteiger partial charge on any atom is -0.507 e. The first-order valence-corrected chi connectivity index (χ1v) is 9.49. The minimum absolute atomic E-state index is 0.0808. The van der Waals surface area contributed by atoms with Crippen LogP contribution in [0.1, 0.15) is 28.3 Å². The molecule has 2 aromatic rings. The fourth-order valence-electron chi connectivity index (χ4n) is 3.73. The fourth-order valence-corrected chi connectivity index (χ4v) is 3.73. The van der Waals surface area contributed by atoms with Crippen molar-refractivity contribution < 1.29 is 28.6 Å². The molecule has 158 valence electrons. The number of benzene rings is 2. The standard InChI is InChI=1S/C23H24FNO5/c1-13-12-18(30-4)14(2)11-16(13)21(26)19-20(15-7-5-6-8-17(15)24)25(9-10-29-3)23(28)22(19)27/h5-8,11-12,20,26H,9-10H2,1-4H3/b21-19+. The molecule has 7 heteroatoms. The summed E-state index contributed by atoms with van der Waals surface area (Å²) >= 11 is 0. The van der Waals surface area contributed by atoms with Crippen LogP contribution in [0.15, 0.2) is 42.0 Å². The molecule has 1 saturated heterocycles. The van der Waals surface area contributed by atoms with E-state index in [1.54, 1.807) is 39.2 Å². The van der Waals surface area contributed by atoms with Crippen molar-refractivity contribution in [3.63, 3.8) is 0 Å². The number of Topliss-reactive ketones (excluding diaryl/α,β-unsaturated/α-hetero) is 1. The predicted octanol–water partition coefficient (Wildman–Crippen LogP) is 3.52. The lowest BCUT2D eigenvalue weighted by molar-refractivity contribution is -0.140. The van der Waals surface area contributed by atoms with Crippen molar-refractivity contribution in [2.45, 2.75) is 19.9 Å². The number of hydrogen-bond acceptors (Lipinski definition) is 5. The number of aliphatic hydroxyl groups excluding tert-OH is 1. The molecule has 1 N–H and O–H groups in total. The van der Waals surface area contributed by atoms with E-state index in [1.807, 2.05) is 0 Å². The normalized spacial score (nSPS) is 18.2. The molecular weight excluding hydrogens is 389 g/mol. The van der Waals surface area contributed by atoms with Gasteiger partial charge >= 0.3 is 0 Å². The molecule has 1 unspecified atom stereocenters. The molecule has 2 aromatic carbocycles. The summed E-state index contributed by atoms with van der Waals surface area (Å²) in [4.78, 5) is 26.9. The van der Waals surface area contributed by atoms with Crippen molar-refractivity contribution in [3.05, 3.63) is 70.0 Å². The third-order valence-electron chi connectivity index (χ3n) is 5.27. The van der Waals surface area contributed by atoms with Gasteiger partial charge in [-0.3, -0.25) is 9.59 Å². The van der Waals surface area contributed by atoms with Crippen LogP contribution >= 0.6 is 0 Å². The van der Waals surface area contributed by atoms with Crippen molar-refractivity contribution in [1.29, 1.82) is 0 Å². The smallest absolute Gasteiger partial charge is 0.295 e. The van der Waals surface area contributed by atoms with Gasteiger partial charge in [-0.05, 0) is 43.2 Å². The van der Waals surface area contributed by atoms with E-state index in [0.29, 0.717) is 16.9 Å². The Balaban J connectivity index is 2.24. The van der Waals surface area contributed by atoms with Gasteiger partial charge in [0.05, 0.1) is 25.3 Å². The summed E-state index contributed by atoms with van der Waals surface area (Å²) in [5.74, 6) is -1.94. The summed E-state index contributed by atoms with van der Waals surface area (Å²) in [7, 11) is 3.01. The number of hydrogen-bond donors (Lipinski definition) is 1. The van der Waals surface area contributed by atoms with Crippen LogP contribution in [0.5, 0.6) is 5.75 Å². The van der Waals surface area contributed by atoms with E-state index in [-0.39, 0.29) is 30.0 Å². The molecule has 0 saturated carbocycles. The third kappa shape index (κ3) is 3.68. The highest BCUT2D eigenvalue weighted by molar-refractivity contribution is 6.46. The lowest BCUT2D eigenvalue weighted by Gasteiger charge is -2.25. The monoisotopic (exact) mass is 413 g/mol. The number of carbonyl (C=O) groups is 2. The topological polar surface area (TPSA) is 76.1 Å². The van der Waals surface area contributed by atoms with Gasteiger partial charge in [-0.1, -0.05) is 18.2 Å².